The Kier molecular flexibility index (Phi) is 3.90. The first kappa shape index (κ1) is 15.4. The Bertz CT molecular complexity index is 904. The summed E-state index contributed by atoms with van der Waals surface area (Å²) >= 11 is 1.76. The van der Waals surface area contributed by atoms with Crippen molar-refractivity contribution in [2.45, 2.75) is 25.3 Å². The fourth-order valence-electron chi connectivity index (χ4n) is 3.28. The molecule has 24 heavy (non-hydrogen) atoms. The van der Waals surface area contributed by atoms with Crippen molar-refractivity contribution >= 4 is 28.4 Å². The van der Waals surface area contributed by atoms with Crippen molar-refractivity contribution in [2.24, 2.45) is 0 Å². The molecule has 3 aromatic rings. The van der Waals surface area contributed by atoms with Crippen molar-refractivity contribution in [1.29, 1.82) is 0 Å². The number of pyridine rings is 1. The highest BCUT2D eigenvalue weighted by atomic mass is 32.2. The van der Waals surface area contributed by atoms with E-state index >= 15 is 0 Å². The lowest BCUT2D eigenvalue weighted by atomic mass is 10.0. The molecule has 1 fully saturated rings. The first-order valence-corrected chi connectivity index (χ1v) is 9.09. The maximum atomic E-state index is 13.1. The van der Waals surface area contributed by atoms with Crippen LogP contribution in [0, 0.1) is 13.8 Å². The fourth-order valence-corrected chi connectivity index (χ4v) is 4.50. The predicted octanol–water partition coefficient (Wildman–Crippen LogP) is 3.77. The van der Waals surface area contributed by atoms with Crippen LogP contribution >= 0.6 is 11.8 Å². The fraction of sp³-hybridized carbons (Fsp3) is 0.263. The standard InChI is InChI=1S/C19H19N3OS/c1-11-5-6-15-14(8-11)17(12(2)21-15)18(23)16-10-24-19(22-16)13-4-3-7-20-9-13/h3-9,16,19,21-22H,10H2,1-2H3. The molecule has 0 radical (unpaired) electrons. The Morgan fingerprint density at radius 1 is 1.29 bits per heavy atom. The SMILES string of the molecule is Cc1ccc2[nH]c(C)c(C(=O)C3CSC(c4cccnc4)N3)c2c1. The molecule has 4 rings (SSSR count). The quantitative estimate of drug-likeness (QED) is 0.714. The third-order valence-corrected chi connectivity index (χ3v) is 5.74. The summed E-state index contributed by atoms with van der Waals surface area (Å²) in [4.78, 5) is 20.6. The number of fused-ring (bicyclic) bond motifs is 1. The minimum atomic E-state index is -0.168. The van der Waals surface area contributed by atoms with Crippen LogP contribution in [0.1, 0.15) is 32.6 Å². The highest BCUT2D eigenvalue weighted by Crippen LogP contribution is 2.34. The average molecular weight is 337 g/mol. The van der Waals surface area contributed by atoms with Gasteiger partial charge in [-0.25, -0.2) is 0 Å². The number of H-pyrrole nitrogens is 1. The second-order valence-corrected chi connectivity index (χ2v) is 7.40. The summed E-state index contributed by atoms with van der Waals surface area (Å²) < 4.78 is 0. The van der Waals surface area contributed by atoms with E-state index < -0.39 is 0 Å². The number of aryl methyl sites for hydroxylation is 2. The summed E-state index contributed by atoms with van der Waals surface area (Å²) in [6.45, 7) is 4.03. The Balaban J connectivity index is 1.63. The smallest absolute Gasteiger partial charge is 0.183 e. The molecule has 1 aliphatic rings. The number of aromatic amines is 1. The molecule has 0 aliphatic carbocycles. The molecule has 2 aromatic heterocycles. The summed E-state index contributed by atoms with van der Waals surface area (Å²) in [6.07, 6.45) is 3.63. The monoisotopic (exact) mass is 337 g/mol. The number of aromatic nitrogens is 2. The number of hydrogen-bond acceptors (Lipinski definition) is 4. The summed E-state index contributed by atoms with van der Waals surface area (Å²) in [5, 5.41) is 4.61. The molecule has 1 aliphatic heterocycles. The van der Waals surface area contributed by atoms with Gasteiger partial charge in [-0.05, 0) is 37.6 Å². The van der Waals surface area contributed by atoms with Gasteiger partial charge in [0.05, 0.1) is 11.4 Å². The van der Waals surface area contributed by atoms with E-state index in [0.717, 1.165) is 39.0 Å². The van der Waals surface area contributed by atoms with Crippen LogP contribution in [0.4, 0.5) is 0 Å². The third-order valence-electron chi connectivity index (χ3n) is 4.47. The van der Waals surface area contributed by atoms with Gasteiger partial charge in [-0.3, -0.25) is 15.1 Å². The zero-order valence-corrected chi connectivity index (χ0v) is 14.5. The van der Waals surface area contributed by atoms with Gasteiger partial charge in [-0.2, -0.15) is 0 Å². The van der Waals surface area contributed by atoms with E-state index in [9.17, 15) is 4.79 Å². The maximum absolute atomic E-state index is 13.1. The van der Waals surface area contributed by atoms with E-state index in [-0.39, 0.29) is 17.2 Å². The van der Waals surface area contributed by atoms with E-state index in [2.05, 4.69) is 34.3 Å². The number of carbonyl (C=O) groups is 1. The second kappa shape index (κ2) is 6.07. The van der Waals surface area contributed by atoms with Crippen molar-refractivity contribution in [3.8, 4) is 0 Å². The van der Waals surface area contributed by atoms with Crippen LogP contribution in [0.5, 0.6) is 0 Å². The molecule has 2 unspecified atom stereocenters. The van der Waals surface area contributed by atoms with E-state index in [4.69, 9.17) is 0 Å². The lowest BCUT2D eigenvalue weighted by Crippen LogP contribution is -2.34. The van der Waals surface area contributed by atoms with E-state index in [0.29, 0.717) is 0 Å². The highest BCUT2D eigenvalue weighted by molar-refractivity contribution is 7.99. The minimum absolute atomic E-state index is 0.125. The van der Waals surface area contributed by atoms with Gasteiger partial charge >= 0.3 is 0 Å². The van der Waals surface area contributed by atoms with Gasteiger partial charge in [0.2, 0.25) is 0 Å². The molecular formula is C19H19N3OS. The van der Waals surface area contributed by atoms with Crippen molar-refractivity contribution in [3.05, 3.63) is 65.1 Å². The molecular weight excluding hydrogens is 318 g/mol. The van der Waals surface area contributed by atoms with Gasteiger partial charge in [0.1, 0.15) is 0 Å². The molecule has 2 N–H and O–H groups in total. The second-order valence-electron chi connectivity index (χ2n) is 6.26. The van der Waals surface area contributed by atoms with Gasteiger partial charge in [-0.15, -0.1) is 11.8 Å². The van der Waals surface area contributed by atoms with Crippen molar-refractivity contribution < 1.29 is 4.79 Å². The zero-order chi connectivity index (χ0) is 16.7. The van der Waals surface area contributed by atoms with Gasteiger partial charge in [0.25, 0.3) is 0 Å². The largest absolute Gasteiger partial charge is 0.358 e. The van der Waals surface area contributed by atoms with E-state index in [1.165, 1.54) is 0 Å². The molecule has 5 heteroatoms. The maximum Gasteiger partial charge on any atom is 0.183 e. The van der Waals surface area contributed by atoms with Crippen LogP contribution in [0.15, 0.2) is 42.7 Å². The molecule has 0 amide bonds. The summed E-state index contributed by atoms with van der Waals surface area (Å²) in [5.41, 5.74) is 5.06. The van der Waals surface area contributed by atoms with Crippen LogP contribution in [-0.4, -0.2) is 27.5 Å². The minimum Gasteiger partial charge on any atom is -0.358 e. The van der Waals surface area contributed by atoms with E-state index in [1.807, 2.05) is 31.3 Å². The number of nitrogens with one attached hydrogen (secondary N) is 2. The summed E-state index contributed by atoms with van der Waals surface area (Å²) in [7, 11) is 0. The van der Waals surface area contributed by atoms with Gasteiger partial charge in [0, 0.05) is 40.3 Å². The number of rotatable bonds is 3. The topological polar surface area (TPSA) is 57.8 Å². The predicted molar refractivity (Wildman–Crippen MR) is 98.5 cm³/mol. The Hall–Kier alpha value is -2.11. The summed E-state index contributed by atoms with van der Waals surface area (Å²) in [5.74, 6) is 0.944. The third kappa shape index (κ3) is 2.64. The average Bonchev–Trinajstić information content (AvgIpc) is 3.19. The molecule has 3 heterocycles. The number of ketones is 1. The number of hydrogen-bond donors (Lipinski definition) is 2. The number of carbonyl (C=O) groups excluding carboxylic acids is 1. The zero-order valence-electron chi connectivity index (χ0n) is 13.7. The van der Waals surface area contributed by atoms with Crippen LogP contribution in [0.3, 0.4) is 0 Å². The first-order valence-electron chi connectivity index (χ1n) is 8.04. The molecule has 1 saturated heterocycles. The van der Waals surface area contributed by atoms with Crippen molar-refractivity contribution in [3.63, 3.8) is 0 Å². The number of benzene rings is 1. The molecule has 4 nitrogen and oxygen atoms in total. The first-order chi connectivity index (χ1) is 11.6. The Morgan fingerprint density at radius 3 is 2.96 bits per heavy atom. The van der Waals surface area contributed by atoms with Crippen LogP contribution in [0.25, 0.3) is 10.9 Å². The molecule has 2 atom stereocenters. The Labute approximate surface area is 145 Å². The highest BCUT2D eigenvalue weighted by Gasteiger charge is 2.33. The summed E-state index contributed by atoms with van der Waals surface area (Å²) in [6, 6.07) is 10.0. The lowest BCUT2D eigenvalue weighted by Gasteiger charge is -2.13. The molecule has 122 valence electrons. The van der Waals surface area contributed by atoms with Gasteiger partial charge in [-0.1, -0.05) is 17.7 Å². The lowest BCUT2D eigenvalue weighted by molar-refractivity contribution is 0.0957. The normalized spacial score (nSPS) is 20.6. The van der Waals surface area contributed by atoms with Crippen LogP contribution in [-0.2, 0) is 0 Å². The van der Waals surface area contributed by atoms with Gasteiger partial charge < -0.3 is 4.98 Å². The molecule has 0 bridgehead atoms. The van der Waals surface area contributed by atoms with Crippen molar-refractivity contribution in [2.75, 3.05) is 5.75 Å². The number of thioether (sulfide) groups is 1. The van der Waals surface area contributed by atoms with Gasteiger partial charge in [0.15, 0.2) is 5.78 Å². The number of nitrogens with zero attached hydrogens (tertiary/aromatic N) is 1. The molecule has 0 saturated carbocycles. The van der Waals surface area contributed by atoms with Crippen LogP contribution in [0.2, 0.25) is 0 Å². The Morgan fingerprint density at radius 2 is 2.17 bits per heavy atom. The van der Waals surface area contributed by atoms with E-state index in [1.54, 1.807) is 18.0 Å². The molecule has 0 spiro atoms. The van der Waals surface area contributed by atoms with Crippen molar-refractivity contribution in [1.82, 2.24) is 15.3 Å². The molecule has 1 aromatic carbocycles. The number of Topliss-reactive ketones (excluding diaryl/α,β-unsaturated/α-hetero) is 1. The van der Waals surface area contributed by atoms with Crippen LogP contribution < -0.4 is 5.32 Å².